The van der Waals surface area contributed by atoms with Crippen molar-refractivity contribution in [3.05, 3.63) is 66.5 Å². The molecule has 0 radical (unpaired) electrons. The molecular formula is C23H25N5O. The van der Waals surface area contributed by atoms with Gasteiger partial charge in [-0.1, -0.05) is 55.0 Å². The van der Waals surface area contributed by atoms with Gasteiger partial charge >= 0.3 is 0 Å². The number of benzene rings is 2. The molecule has 0 fully saturated rings. The summed E-state index contributed by atoms with van der Waals surface area (Å²) in [6.07, 6.45) is 5.22. The van der Waals surface area contributed by atoms with Crippen LogP contribution in [0.5, 0.6) is 0 Å². The molecule has 0 saturated carbocycles. The Hall–Kier alpha value is -3.41. The first kappa shape index (κ1) is 18.9. The Morgan fingerprint density at radius 2 is 1.79 bits per heavy atom. The third-order valence-corrected chi connectivity index (χ3v) is 5.12. The van der Waals surface area contributed by atoms with Crippen LogP contribution in [0.2, 0.25) is 0 Å². The summed E-state index contributed by atoms with van der Waals surface area (Å²) >= 11 is 0. The van der Waals surface area contributed by atoms with Crippen LogP contribution in [0.1, 0.15) is 31.2 Å². The molecule has 0 spiro atoms. The van der Waals surface area contributed by atoms with Crippen molar-refractivity contribution in [1.82, 2.24) is 19.9 Å². The number of unbranched alkanes of at least 4 members (excludes halogenated alkanes) is 2. The second-order valence-electron chi connectivity index (χ2n) is 7.22. The molecular weight excluding hydrogens is 362 g/mol. The number of aromatic nitrogens is 3. The van der Waals surface area contributed by atoms with Gasteiger partial charge in [-0.05, 0) is 24.5 Å². The van der Waals surface area contributed by atoms with Crippen molar-refractivity contribution in [2.24, 2.45) is 0 Å². The molecule has 6 heteroatoms. The van der Waals surface area contributed by atoms with E-state index in [1.165, 1.54) is 0 Å². The highest BCUT2D eigenvalue weighted by Gasteiger charge is 2.11. The fourth-order valence-electron chi connectivity index (χ4n) is 3.61. The van der Waals surface area contributed by atoms with Gasteiger partial charge in [-0.25, -0.2) is 9.97 Å². The maximum atomic E-state index is 12.0. The number of nitrogens with two attached hydrogens (primary N) is 1. The molecule has 0 bridgehead atoms. The predicted octanol–water partition coefficient (Wildman–Crippen LogP) is 4.04. The fraction of sp³-hybridized carbons (Fsp3) is 0.261. The van der Waals surface area contributed by atoms with E-state index in [2.05, 4.69) is 25.9 Å². The smallest absolute Gasteiger partial charge is 0.220 e. The normalized spacial score (nSPS) is 11.2. The van der Waals surface area contributed by atoms with Gasteiger partial charge in [0.2, 0.25) is 5.91 Å². The lowest BCUT2D eigenvalue weighted by atomic mass is 10.1. The summed E-state index contributed by atoms with van der Waals surface area (Å²) in [6.45, 7) is 1.43. The summed E-state index contributed by atoms with van der Waals surface area (Å²) in [7, 11) is 0. The summed E-state index contributed by atoms with van der Waals surface area (Å²) in [6, 6.07) is 18.0. The predicted molar refractivity (Wildman–Crippen MR) is 116 cm³/mol. The number of amides is 1. The Labute approximate surface area is 169 Å². The molecule has 0 aliphatic rings. The molecule has 148 valence electrons. The maximum absolute atomic E-state index is 12.0. The summed E-state index contributed by atoms with van der Waals surface area (Å²) in [4.78, 5) is 20.9. The number of anilines is 1. The third kappa shape index (κ3) is 4.37. The molecule has 4 aromatic rings. The van der Waals surface area contributed by atoms with Crippen LogP contribution in [0.3, 0.4) is 0 Å². The number of rotatable bonds is 8. The maximum Gasteiger partial charge on any atom is 0.220 e. The van der Waals surface area contributed by atoms with Crippen molar-refractivity contribution >= 4 is 33.7 Å². The van der Waals surface area contributed by atoms with E-state index in [-0.39, 0.29) is 5.91 Å². The van der Waals surface area contributed by atoms with Crippen molar-refractivity contribution < 1.29 is 4.79 Å². The molecule has 2 aromatic carbocycles. The Morgan fingerprint density at radius 3 is 2.66 bits per heavy atom. The number of carbonyl (C=O) groups is 1. The minimum Gasteiger partial charge on any atom is -0.382 e. The molecule has 0 saturated heterocycles. The molecule has 2 heterocycles. The van der Waals surface area contributed by atoms with Crippen LogP contribution in [0.15, 0.2) is 60.9 Å². The first-order chi connectivity index (χ1) is 14.2. The number of hydrogen-bond donors (Lipinski definition) is 2. The topological polar surface area (TPSA) is 85.8 Å². The Kier molecular flexibility index (Phi) is 5.70. The number of nitrogens with one attached hydrogen (secondary N) is 1. The Bertz CT molecular complexity index is 1120. The quantitative estimate of drug-likeness (QED) is 0.447. The van der Waals surface area contributed by atoms with Crippen molar-refractivity contribution in [3.8, 4) is 0 Å². The van der Waals surface area contributed by atoms with E-state index in [0.717, 1.165) is 53.3 Å². The zero-order valence-electron chi connectivity index (χ0n) is 16.3. The minimum absolute atomic E-state index is 0.103. The van der Waals surface area contributed by atoms with Crippen LogP contribution < -0.4 is 11.1 Å². The largest absolute Gasteiger partial charge is 0.382 e. The number of imidazole rings is 1. The molecule has 0 aliphatic carbocycles. The average molecular weight is 387 g/mol. The van der Waals surface area contributed by atoms with Gasteiger partial charge in [0.05, 0.1) is 17.4 Å². The molecule has 3 N–H and O–H groups in total. The highest BCUT2D eigenvalue weighted by atomic mass is 16.1. The molecule has 0 unspecified atom stereocenters. The lowest BCUT2D eigenvalue weighted by Crippen LogP contribution is -2.22. The second kappa shape index (κ2) is 8.73. The highest BCUT2D eigenvalue weighted by Crippen LogP contribution is 2.27. The molecule has 4 rings (SSSR count). The second-order valence-corrected chi connectivity index (χ2v) is 7.22. The van der Waals surface area contributed by atoms with Crippen LogP contribution in [0, 0.1) is 0 Å². The van der Waals surface area contributed by atoms with Gasteiger partial charge < -0.3 is 15.6 Å². The van der Waals surface area contributed by atoms with E-state index in [0.29, 0.717) is 18.8 Å². The summed E-state index contributed by atoms with van der Waals surface area (Å²) in [5.41, 5.74) is 9.88. The number of nitrogen functional groups attached to an aromatic ring is 1. The lowest BCUT2D eigenvalue weighted by Gasteiger charge is -2.08. The van der Waals surface area contributed by atoms with E-state index >= 15 is 0 Å². The molecule has 0 aliphatic heterocycles. The molecule has 6 nitrogen and oxygen atoms in total. The first-order valence-electron chi connectivity index (χ1n) is 10.0. The van der Waals surface area contributed by atoms with Crippen LogP contribution in [0.25, 0.3) is 21.9 Å². The number of hydrogen-bond acceptors (Lipinski definition) is 4. The van der Waals surface area contributed by atoms with Crippen molar-refractivity contribution in [2.45, 2.75) is 38.8 Å². The van der Waals surface area contributed by atoms with Gasteiger partial charge in [0.1, 0.15) is 5.52 Å². The van der Waals surface area contributed by atoms with Gasteiger partial charge in [0.25, 0.3) is 0 Å². The van der Waals surface area contributed by atoms with E-state index in [9.17, 15) is 4.79 Å². The third-order valence-electron chi connectivity index (χ3n) is 5.12. The van der Waals surface area contributed by atoms with Gasteiger partial charge in [-0.3, -0.25) is 4.79 Å². The standard InChI is InChI=1S/C23H25N5O/c24-23-21-22(18-11-6-7-12-19(18)27-23)28(16-26-21)14-8-2-5-13-20(29)25-15-17-9-3-1-4-10-17/h1,3-4,6-7,9-12,16H,2,5,8,13-15H2,(H2,24,27)(H,25,29). The van der Waals surface area contributed by atoms with Crippen molar-refractivity contribution in [1.29, 1.82) is 0 Å². The van der Waals surface area contributed by atoms with Crippen LogP contribution in [-0.2, 0) is 17.9 Å². The van der Waals surface area contributed by atoms with Crippen molar-refractivity contribution in [2.75, 3.05) is 5.73 Å². The van der Waals surface area contributed by atoms with Crippen LogP contribution in [0.4, 0.5) is 5.82 Å². The summed E-state index contributed by atoms with van der Waals surface area (Å²) in [5.74, 6) is 0.569. The zero-order chi connectivity index (χ0) is 20.1. The lowest BCUT2D eigenvalue weighted by molar-refractivity contribution is -0.121. The molecule has 29 heavy (non-hydrogen) atoms. The Morgan fingerprint density at radius 1 is 1.00 bits per heavy atom. The van der Waals surface area contributed by atoms with Gasteiger partial charge in [-0.15, -0.1) is 0 Å². The number of fused-ring (bicyclic) bond motifs is 3. The molecule has 2 aromatic heterocycles. The van der Waals surface area contributed by atoms with E-state index in [4.69, 9.17) is 5.73 Å². The monoisotopic (exact) mass is 387 g/mol. The fourth-order valence-corrected chi connectivity index (χ4v) is 3.61. The highest BCUT2D eigenvalue weighted by molar-refractivity contribution is 6.06. The molecule has 0 atom stereocenters. The number of para-hydroxylation sites is 1. The Balaban J connectivity index is 1.29. The summed E-state index contributed by atoms with van der Waals surface area (Å²) in [5, 5.41) is 4.04. The van der Waals surface area contributed by atoms with Crippen LogP contribution >= 0.6 is 0 Å². The van der Waals surface area contributed by atoms with Crippen LogP contribution in [-0.4, -0.2) is 20.4 Å². The van der Waals surface area contributed by atoms with E-state index < -0.39 is 0 Å². The average Bonchev–Trinajstić information content (AvgIpc) is 3.18. The zero-order valence-corrected chi connectivity index (χ0v) is 16.3. The van der Waals surface area contributed by atoms with E-state index in [1.54, 1.807) is 0 Å². The number of pyridine rings is 1. The summed E-state index contributed by atoms with van der Waals surface area (Å²) < 4.78 is 2.14. The van der Waals surface area contributed by atoms with Gasteiger partial charge in [-0.2, -0.15) is 0 Å². The first-order valence-corrected chi connectivity index (χ1v) is 10.0. The van der Waals surface area contributed by atoms with Gasteiger partial charge in [0.15, 0.2) is 5.82 Å². The number of aryl methyl sites for hydroxylation is 1. The minimum atomic E-state index is 0.103. The SMILES string of the molecule is Nc1nc2ccccc2c2c1ncn2CCCCCC(=O)NCc1ccccc1. The molecule has 1 amide bonds. The van der Waals surface area contributed by atoms with Crippen molar-refractivity contribution in [3.63, 3.8) is 0 Å². The van der Waals surface area contributed by atoms with Gasteiger partial charge in [0, 0.05) is 24.9 Å². The number of carbonyl (C=O) groups excluding carboxylic acids is 1. The number of nitrogens with zero attached hydrogens (tertiary/aromatic N) is 3. The van der Waals surface area contributed by atoms with E-state index in [1.807, 2.05) is 54.9 Å².